The van der Waals surface area contributed by atoms with Crippen LogP contribution >= 0.6 is 0 Å². The lowest BCUT2D eigenvalue weighted by molar-refractivity contribution is -0.137. The number of piperidine rings is 1. The molecule has 2 heterocycles. The Morgan fingerprint density at radius 3 is 2.44 bits per heavy atom. The van der Waals surface area contributed by atoms with Crippen molar-refractivity contribution in [2.45, 2.75) is 26.2 Å². The summed E-state index contributed by atoms with van der Waals surface area (Å²) in [4.78, 5) is 25.2. The minimum atomic E-state index is -0.228. The monoisotopic (exact) mass is 253 g/mol. The van der Waals surface area contributed by atoms with E-state index in [0.29, 0.717) is 18.3 Å². The van der Waals surface area contributed by atoms with Crippen molar-refractivity contribution in [3.8, 4) is 0 Å². The predicted molar refractivity (Wildman–Crippen MR) is 68.6 cm³/mol. The van der Waals surface area contributed by atoms with E-state index in [2.05, 4.69) is 12.2 Å². The highest BCUT2D eigenvalue weighted by atomic mass is 16.2. The number of carbonyl (C=O) groups excluding carboxylic acids is 2. The maximum absolute atomic E-state index is 12.3. The minimum absolute atomic E-state index is 0.137. The van der Waals surface area contributed by atoms with Crippen LogP contribution in [0.1, 0.15) is 26.2 Å². The van der Waals surface area contributed by atoms with Crippen molar-refractivity contribution in [1.29, 1.82) is 0 Å². The van der Waals surface area contributed by atoms with Gasteiger partial charge in [-0.15, -0.1) is 0 Å². The average Bonchev–Trinajstić information content (AvgIpc) is 2.75. The Kier molecular flexibility index (Phi) is 4.22. The Morgan fingerprint density at radius 1 is 1.28 bits per heavy atom. The van der Waals surface area contributed by atoms with Gasteiger partial charge in [0.25, 0.3) is 0 Å². The van der Waals surface area contributed by atoms with E-state index in [0.717, 1.165) is 39.0 Å². The molecule has 2 unspecified atom stereocenters. The van der Waals surface area contributed by atoms with E-state index in [9.17, 15) is 9.59 Å². The normalized spacial score (nSPS) is 29.5. The first-order valence-electron chi connectivity index (χ1n) is 6.85. The van der Waals surface area contributed by atoms with Crippen LogP contribution in [-0.2, 0) is 9.59 Å². The number of primary amides is 1. The van der Waals surface area contributed by atoms with Gasteiger partial charge in [0.05, 0.1) is 5.92 Å². The minimum Gasteiger partial charge on any atom is -0.370 e. The van der Waals surface area contributed by atoms with Crippen molar-refractivity contribution in [2.24, 2.45) is 23.5 Å². The molecule has 2 saturated heterocycles. The maximum Gasteiger partial charge on any atom is 0.227 e. The van der Waals surface area contributed by atoms with Gasteiger partial charge >= 0.3 is 0 Å². The lowest BCUT2D eigenvalue weighted by Crippen LogP contribution is -2.44. The predicted octanol–water partition coefficient (Wildman–Crippen LogP) is -0.0441. The van der Waals surface area contributed by atoms with Crippen molar-refractivity contribution in [3.05, 3.63) is 0 Å². The number of nitrogens with one attached hydrogen (secondary N) is 1. The number of hydrogen-bond donors (Lipinski definition) is 2. The summed E-state index contributed by atoms with van der Waals surface area (Å²) in [5.74, 6) is 0.989. The molecule has 0 saturated carbocycles. The smallest absolute Gasteiger partial charge is 0.227 e. The quantitative estimate of drug-likeness (QED) is 0.741. The Morgan fingerprint density at radius 2 is 1.94 bits per heavy atom. The van der Waals surface area contributed by atoms with Crippen LogP contribution in [0.25, 0.3) is 0 Å². The van der Waals surface area contributed by atoms with E-state index in [-0.39, 0.29) is 17.7 Å². The average molecular weight is 253 g/mol. The highest BCUT2D eigenvalue weighted by Crippen LogP contribution is 2.24. The number of carbonyl (C=O) groups is 2. The number of amides is 2. The second-order valence-electron chi connectivity index (χ2n) is 5.68. The van der Waals surface area contributed by atoms with Gasteiger partial charge in [0.1, 0.15) is 0 Å². The van der Waals surface area contributed by atoms with Crippen LogP contribution in [0.3, 0.4) is 0 Å². The van der Waals surface area contributed by atoms with Crippen LogP contribution in [-0.4, -0.2) is 42.9 Å². The fourth-order valence-corrected chi connectivity index (χ4v) is 3.02. The van der Waals surface area contributed by atoms with Gasteiger partial charge < -0.3 is 16.0 Å². The van der Waals surface area contributed by atoms with Crippen LogP contribution in [0.5, 0.6) is 0 Å². The van der Waals surface area contributed by atoms with Gasteiger partial charge in [0, 0.05) is 26.1 Å². The largest absolute Gasteiger partial charge is 0.370 e. The van der Waals surface area contributed by atoms with Gasteiger partial charge in [-0.1, -0.05) is 6.92 Å². The van der Waals surface area contributed by atoms with Crippen LogP contribution in [0.15, 0.2) is 0 Å². The Labute approximate surface area is 108 Å². The lowest BCUT2D eigenvalue weighted by Gasteiger charge is -2.33. The first kappa shape index (κ1) is 13.3. The van der Waals surface area contributed by atoms with Gasteiger partial charge in [0.2, 0.25) is 11.8 Å². The van der Waals surface area contributed by atoms with E-state index >= 15 is 0 Å². The standard InChI is InChI=1S/C13H23N3O2/c1-9-7-15-8-11(9)13(18)16-4-2-10(3-5-16)6-12(14)17/h9-11,15H,2-8H2,1H3,(H2,14,17). The summed E-state index contributed by atoms with van der Waals surface area (Å²) in [6.07, 6.45) is 2.27. The summed E-state index contributed by atoms with van der Waals surface area (Å²) in [6.45, 7) is 5.43. The second-order valence-corrected chi connectivity index (χ2v) is 5.68. The Bertz CT molecular complexity index is 324. The zero-order valence-electron chi connectivity index (χ0n) is 11.0. The van der Waals surface area contributed by atoms with Crippen LogP contribution in [0.4, 0.5) is 0 Å². The van der Waals surface area contributed by atoms with Gasteiger partial charge in [0.15, 0.2) is 0 Å². The van der Waals surface area contributed by atoms with Gasteiger partial charge in [-0.25, -0.2) is 0 Å². The highest BCUT2D eigenvalue weighted by Gasteiger charge is 2.34. The molecular formula is C13H23N3O2. The Balaban J connectivity index is 1.82. The van der Waals surface area contributed by atoms with Crippen LogP contribution in [0, 0.1) is 17.8 Å². The fourth-order valence-electron chi connectivity index (χ4n) is 3.02. The molecule has 0 aliphatic carbocycles. The summed E-state index contributed by atoms with van der Waals surface area (Å²) in [6, 6.07) is 0. The van der Waals surface area contributed by atoms with E-state index in [1.54, 1.807) is 0 Å². The van der Waals surface area contributed by atoms with E-state index < -0.39 is 0 Å². The molecule has 3 N–H and O–H groups in total. The molecule has 0 bridgehead atoms. The van der Waals surface area contributed by atoms with Gasteiger partial charge in [-0.3, -0.25) is 9.59 Å². The molecule has 2 rings (SSSR count). The fraction of sp³-hybridized carbons (Fsp3) is 0.846. The summed E-state index contributed by atoms with van der Waals surface area (Å²) < 4.78 is 0. The summed E-state index contributed by atoms with van der Waals surface area (Å²) >= 11 is 0. The van der Waals surface area contributed by atoms with Crippen molar-refractivity contribution >= 4 is 11.8 Å². The van der Waals surface area contributed by atoms with E-state index in [1.165, 1.54) is 0 Å². The molecule has 5 heteroatoms. The van der Waals surface area contributed by atoms with Gasteiger partial charge in [-0.05, 0) is 31.2 Å². The highest BCUT2D eigenvalue weighted by molar-refractivity contribution is 5.80. The number of likely N-dealkylation sites (tertiary alicyclic amines) is 1. The maximum atomic E-state index is 12.3. The number of nitrogens with zero attached hydrogens (tertiary/aromatic N) is 1. The van der Waals surface area contributed by atoms with Crippen molar-refractivity contribution < 1.29 is 9.59 Å². The zero-order valence-corrected chi connectivity index (χ0v) is 11.0. The molecule has 2 amide bonds. The molecular weight excluding hydrogens is 230 g/mol. The molecule has 2 fully saturated rings. The molecule has 5 nitrogen and oxygen atoms in total. The van der Waals surface area contributed by atoms with Crippen LogP contribution in [0.2, 0.25) is 0 Å². The molecule has 102 valence electrons. The summed E-state index contributed by atoms with van der Waals surface area (Å²) in [5, 5.41) is 3.27. The number of nitrogens with two attached hydrogens (primary N) is 1. The first-order chi connectivity index (χ1) is 8.58. The molecule has 18 heavy (non-hydrogen) atoms. The van der Waals surface area contributed by atoms with Crippen molar-refractivity contribution in [1.82, 2.24) is 10.2 Å². The third-order valence-corrected chi connectivity index (χ3v) is 4.25. The molecule has 0 aromatic heterocycles. The first-order valence-corrected chi connectivity index (χ1v) is 6.85. The second kappa shape index (κ2) is 5.69. The third-order valence-electron chi connectivity index (χ3n) is 4.25. The molecule has 0 aromatic carbocycles. The summed E-state index contributed by atoms with van der Waals surface area (Å²) in [5.41, 5.74) is 5.21. The molecule has 2 atom stereocenters. The summed E-state index contributed by atoms with van der Waals surface area (Å²) in [7, 11) is 0. The SMILES string of the molecule is CC1CNCC1C(=O)N1CCC(CC(N)=O)CC1. The van der Waals surface area contributed by atoms with Gasteiger partial charge in [-0.2, -0.15) is 0 Å². The molecule has 0 radical (unpaired) electrons. The molecule has 2 aliphatic rings. The lowest BCUT2D eigenvalue weighted by atomic mass is 9.91. The van der Waals surface area contributed by atoms with Crippen molar-refractivity contribution in [2.75, 3.05) is 26.2 Å². The molecule has 0 aromatic rings. The number of rotatable bonds is 3. The van der Waals surface area contributed by atoms with Crippen LogP contribution < -0.4 is 11.1 Å². The topological polar surface area (TPSA) is 75.4 Å². The van der Waals surface area contributed by atoms with E-state index in [4.69, 9.17) is 5.73 Å². The van der Waals surface area contributed by atoms with Crippen molar-refractivity contribution in [3.63, 3.8) is 0 Å². The third kappa shape index (κ3) is 3.02. The number of hydrogen-bond acceptors (Lipinski definition) is 3. The van der Waals surface area contributed by atoms with E-state index in [1.807, 2.05) is 4.90 Å². The molecule has 2 aliphatic heterocycles. The zero-order chi connectivity index (χ0) is 13.1. The Hall–Kier alpha value is -1.10. The molecule has 0 spiro atoms.